The van der Waals surface area contributed by atoms with E-state index in [9.17, 15) is 0 Å². The first-order valence-electron chi connectivity index (χ1n) is 4.53. The van der Waals surface area contributed by atoms with E-state index in [-0.39, 0.29) is 5.60 Å². The number of hydrogen-bond acceptors (Lipinski definition) is 2. The molecule has 1 aromatic carbocycles. The quantitative estimate of drug-likeness (QED) is 0.766. The van der Waals surface area contributed by atoms with Gasteiger partial charge in [0.2, 0.25) is 0 Å². The lowest BCUT2D eigenvalue weighted by Gasteiger charge is -2.28. The molecule has 0 saturated carbocycles. The second-order valence-electron chi connectivity index (χ2n) is 3.34. The molecule has 2 heteroatoms. The van der Waals surface area contributed by atoms with Crippen LogP contribution in [0, 0.1) is 0 Å². The molecule has 0 radical (unpaired) electrons. The SMILES string of the molecule is COC(C)(CCN)c1ccccc1. The van der Waals surface area contributed by atoms with E-state index in [1.165, 1.54) is 5.56 Å². The number of benzene rings is 1. The summed E-state index contributed by atoms with van der Waals surface area (Å²) in [6.45, 7) is 2.70. The Morgan fingerprint density at radius 3 is 2.38 bits per heavy atom. The zero-order chi connectivity index (χ0) is 9.73. The average Bonchev–Trinajstić information content (AvgIpc) is 2.19. The van der Waals surface area contributed by atoms with E-state index in [0.29, 0.717) is 6.54 Å². The van der Waals surface area contributed by atoms with Crippen molar-refractivity contribution in [2.45, 2.75) is 18.9 Å². The number of nitrogens with two attached hydrogens (primary N) is 1. The van der Waals surface area contributed by atoms with Gasteiger partial charge in [0.15, 0.2) is 0 Å². The number of hydrogen-bond donors (Lipinski definition) is 1. The summed E-state index contributed by atoms with van der Waals surface area (Å²) in [7, 11) is 1.72. The minimum atomic E-state index is -0.240. The minimum absolute atomic E-state index is 0.240. The molecule has 0 spiro atoms. The summed E-state index contributed by atoms with van der Waals surface area (Å²) in [6, 6.07) is 10.2. The van der Waals surface area contributed by atoms with E-state index >= 15 is 0 Å². The van der Waals surface area contributed by atoms with Crippen LogP contribution in [0.4, 0.5) is 0 Å². The summed E-state index contributed by atoms with van der Waals surface area (Å²) in [4.78, 5) is 0. The third-order valence-corrected chi connectivity index (χ3v) is 2.46. The lowest BCUT2D eigenvalue weighted by Crippen LogP contribution is -2.27. The fourth-order valence-corrected chi connectivity index (χ4v) is 1.43. The summed E-state index contributed by atoms with van der Waals surface area (Å²) in [6.07, 6.45) is 0.841. The molecule has 0 aliphatic carbocycles. The van der Waals surface area contributed by atoms with Crippen LogP contribution in [0.15, 0.2) is 30.3 Å². The van der Waals surface area contributed by atoms with Crippen LogP contribution >= 0.6 is 0 Å². The minimum Gasteiger partial charge on any atom is -0.374 e. The summed E-state index contributed by atoms with van der Waals surface area (Å²) >= 11 is 0. The first kappa shape index (κ1) is 10.2. The van der Waals surface area contributed by atoms with E-state index in [2.05, 4.69) is 19.1 Å². The van der Waals surface area contributed by atoms with Crippen LogP contribution in [-0.4, -0.2) is 13.7 Å². The van der Waals surface area contributed by atoms with Gasteiger partial charge in [-0.2, -0.15) is 0 Å². The molecule has 0 aliphatic rings. The highest BCUT2D eigenvalue weighted by Crippen LogP contribution is 2.27. The standard InChI is InChI=1S/C11H17NO/c1-11(13-2,8-9-12)10-6-4-3-5-7-10/h3-7H,8-9,12H2,1-2H3. The maximum atomic E-state index is 5.55. The van der Waals surface area contributed by atoms with Crippen molar-refractivity contribution in [2.75, 3.05) is 13.7 Å². The normalized spacial score (nSPS) is 15.3. The van der Waals surface area contributed by atoms with Gasteiger partial charge in [-0.15, -0.1) is 0 Å². The summed E-state index contributed by atoms with van der Waals surface area (Å²) in [5.74, 6) is 0. The van der Waals surface area contributed by atoms with Crippen LogP contribution in [0.25, 0.3) is 0 Å². The number of ether oxygens (including phenoxy) is 1. The van der Waals surface area contributed by atoms with Gasteiger partial charge in [0.05, 0.1) is 5.60 Å². The van der Waals surface area contributed by atoms with Crippen LogP contribution in [0.5, 0.6) is 0 Å². The monoisotopic (exact) mass is 179 g/mol. The molecule has 1 rings (SSSR count). The van der Waals surface area contributed by atoms with E-state index in [0.717, 1.165) is 6.42 Å². The maximum Gasteiger partial charge on any atom is 0.0911 e. The molecule has 1 unspecified atom stereocenters. The Balaban J connectivity index is 2.89. The van der Waals surface area contributed by atoms with E-state index in [1.54, 1.807) is 7.11 Å². The van der Waals surface area contributed by atoms with Gasteiger partial charge in [-0.3, -0.25) is 0 Å². The molecule has 13 heavy (non-hydrogen) atoms. The molecule has 0 aromatic heterocycles. The van der Waals surface area contributed by atoms with Crippen LogP contribution in [0.3, 0.4) is 0 Å². The second-order valence-corrected chi connectivity index (χ2v) is 3.34. The fraction of sp³-hybridized carbons (Fsp3) is 0.455. The fourth-order valence-electron chi connectivity index (χ4n) is 1.43. The largest absolute Gasteiger partial charge is 0.374 e. The molecule has 1 aromatic rings. The van der Waals surface area contributed by atoms with Crippen LogP contribution < -0.4 is 5.73 Å². The molecule has 0 saturated heterocycles. The van der Waals surface area contributed by atoms with Crippen LogP contribution in [0.1, 0.15) is 18.9 Å². The smallest absolute Gasteiger partial charge is 0.0911 e. The third kappa shape index (κ3) is 2.29. The first-order chi connectivity index (χ1) is 6.23. The third-order valence-electron chi connectivity index (χ3n) is 2.46. The van der Waals surface area contributed by atoms with Gasteiger partial charge in [-0.1, -0.05) is 30.3 Å². The van der Waals surface area contributed by atoms with Gasteiger partial charge < -0.3 is 10.5 Å². The van der Waals surface area contributed by atoms with Crippen LogP contribution in [0.2, 0.25) is 0 Å². The molecule has 2 nitrogen and oxygen atoms in total. The lowest BCUT2D eigenvalue weighted by atomic mass is 9.92. The lowest BCUT2D eigenvalue weighted by molar-refractivity contribution is -0.00339. The summed E-state index contributed by atoms with van der Waals surface area (Å²) in [5, 5.41) is 0. The molecule has 0 heterocycles. The van der Waals surface area contributed by atoms with E-state index in [4.69, 9.17) is 10.5 Å². The van der Waals surface area contributed by atoms with Gasteiger partial charge in [0, 0.05) is 7.11 Å². The van der Waals surface area contributed by atoms with Crippen molar-refractivity contribution >= 4 is 0 Å². The molecule has 72 valence electrons. The molecule has 0 aliphatic heterocycles. The Hall–Kier alpha value is -0.860. The summed E-state index contributed by atoms with van der Waals surface area (Å²) < 4.78 is 5.48. The van der Waals surface area contributed by atoms with E-state index in [1.807, 2.05) is 18.2 Å². The van der Waals surface area contributed by atoms with Crippen molar-refractivity contribution < 1.29 is 4.74 Å². The van der Waals surface area contributed by atoms with Crippen molar-refractivity contribution in [3.05, 3.63) is 35.9 Å². The molecule has 2 N–H and O–H groups in total. The Morgan fingerprint density at radius 1 is 1.31 bits per heavy atom. The molecule has 0 bridgehead atoms. The molecule has 0 fully saturated rings. The van der Waals surface area contributed by atoms with Crippen molar-refractivity contribution in [1.29, 1.82) is 0 Å². The van der Waals surface area contributed by atoms with Crippen molar-refractivity contribution in [3.63, 3.8) is 0 Å². The zero-order valence-electron chi connectivity index (χ0n) is 8.29. The van der Waals surface area contributed by atoms with Gasteiger partial charge in [-0.25, -0.2) is 0 Å². The Kier molecular flexibility index (Phi) is 3.46. The zero-order valence-corrected chi connectivity index (χ0v) is 8.29. The predicted molar refractivity (Wildman–Crippen MR) is 54.5 cm³/mol. The van der Waals surface area contributed by atoms with Crippen molar-refractivity contribution in [2.24, 2.45) is 5.73 Å². The van der Waals surface area contributed by atoms with Gasteiger partial charge in [0.1, 0.15) is 0 Å². The summed E-state index contributed by atoms with van der Waals surface area (Å²) in [5.41, 5.74) is 6.49. The molecular weight excluding hydrogens is 162 g/mol. The van der Waals surface area contributed by atoms with Gasteiger partial charge in [-0.05, 0) is 25.5 Å². The molecule has 1 atom stereocenters. The van der Waals surface area contributed by atoms with Crippen LogP contribution in [-0.2, 0) is 10.3 Å². The highest BCUT2D eigenvalue weighted by atomic mass is 16.5. The van der Waals surface area contributed by atoms with Crippen molar-refractivity contribution in [1.82, 2.24) is 0 Å². The Morgan fingerprint density at radius 2 is 1.92 bits per heavy atom. The van der Waals surface area contributed by atoms with Crippen molar-refractivity contribution in [3.8, 4) is 0 Å². The predicted octanol–water partition coefficient (Wildman–Crippen LogP) is 1.90. The number of methoxy groups -OCH3 is 1. The van der Waals surface area contributed by atoms with E-state index < -0.39 is 0 Å². The highest BCUT2D eigenvalue weighted by Gasteiger charge is 2.24. The first-order valence-corrected chi connectivity index (χ1v) is 4.53. The van der Waals surface area contributed by atoms with Gasteiger partial charge >= 0.3 is 0 Å². The molecule has 0 amide bonds. The highest BCUT2D eigenvalue weighted by molar-refractivity contribution is 5.21. The van der Waals surface area contributed by atoms with Gasteiger partial charge in [0.25, 0.3) is 0 Å². The number of rotatable bonds is 4. The molecular formula is C11H17NO. The topological polar surface area (TPSA) is 35.2 Å². The average molecular weight is 179 g/mol. The maximum absolute atomic E-state index is 5.55. The Labute approximate surface area is 79.7 Å². The Bertz CT molecular complexity index is 248. The second kappa shape index (κ2) is 4.40.